The number of ether oxygens (including phenoxy) is 5. The van der Waals surface area contributed by atoms with Gasteiger partial charge in [-0.1, -0.05) is 19.8 Å². The summed E-state index contributed by atoms with van der Waals surface area (Å²) in [5, 5.41) is 14.8. The van der Waals surface area contributed by atoms with E-state index in [1.165, 1.54) is 0 Å². The van der Waals surface area contributed by atoms with Crippen molar-refractivity contribution < 1.29 is 72.3 Å². The first-order chi connectivity index (χ1) is 19.9. The van der Waals surface area contributed by atoms with Crippen LogP contribution in [0.3, 0.4) is 0 Å². The summed E-state index contributed by atoms with van der Waals surface area (Å²) in [6, 6.07) is 0.301. The van der Waals surface area contributed by atoms with Crippen LogP contribution in [0.4, 0.5) is 9.59 Å². The van der Waals surface area contributed by atoms with E-state index in [0.717, 1.165) is 43.6 Å². The monoisotopic (exact) mass is 656 g/mol. The maximum Gasteiger partial charge on any atom is 1.00 e. The third-order valence-electron chi connectivity index (χ3n) is 7.97. The Morgan fingerprint density at radius 1 is 0.864 bits per heavy atom. The first-order valence-electron chi connectivity index (χ1n) is 14.8. The Morgan fingerprint density at radius 3 is 1.82 bits per heavy atom. The van der Waals surface area contributed by atoms with Crippen LogP contribution in [0.1, 0.15) is 72.1 Å². The van der Waals surface area contributed by atoms with Gasteiger partial charge in [0.05, 0.1) is 25.3 Å². The molecule has 0 aromatic carbocycles. The standard InChI is InChI=1S/C18H29NO6S.C10H15NO4S.Li.H2O/c1-17(2)23-10-18(3,11-24-17)9-22-14(20)7-5-4-6-13-15-12(8-26-13)19-16(21)25-15;12-8(13)4-2-1-3-7-9-6(5-16-7)11-10(14)15-9;;/h12-13,15H,4-11H2,1-3H3,(H,19,21);6-7,9H,1-5H2,(H,11,14)(H,12,13);;1H2/q;;+1;/p-1/t12?,13-,15-;6?,7-,9-;;/m00../s1. The fourth-order valence-corrected chi connectivity index (χ4v) is 8.45. The van der Waals surface area contributed by atoms with Gasteiger partial charge in [-0.15, -0.1) is 0 Å². The molecule has 0 bridgehead atoms. The average molecular weight is 657 g/mol. The largest absolute Gasteiger partial charge is 1.00 e. The number of esters is 1. The molecule has 5 aliphatic rings. The molecule has 5 saturated heterocycles. The molecule has 5 aliphatic heterocycles. The third-order valence-corrected chi connectivity index (χ3v) is 10.9. The number of hydrogen-bond donors (Lipinski definition) is 3. The van der Waals surface area contributed by atoms with Crippen LogP contribution in [-0.2, 0) is 33.3 Å². The van der Waals surface area contributed by atoms with E-state index in [0.29, 0.717) is 43.2 Å². The van der Waals surface area contributed by atoms with Crippen LogP contribution in [0.25, 0.3) is 0 Å². The molecule has 2 unspecified atom stereocenters. The molecule has 5 rings (SSSR count). The molecule has 6 atom stereocenters. The Bertz CT molecular complexity index is 981. The summed E-state index contributed by atoms with van der Waals surface area (Å²) in [6.07, 6.45) is 5.14. The summed E-state index contributed by atoms with van der Waals surface area (Å²) < 4.78 is 27.2. The molecule has 2 amide bonds. The van der Waals surface area contributed by atoms with Crippen molar-refractivity contribution in [3.63, 3.8) is 0 Å². The van der Waals surface area contributed by atoms with Crippen LogP contribution >= 0.6 is 23.5 Å². The van der Waals surface area contributed by atoms with Gasteiger partial charge in [0.2, 0.25) is 0 Å². The molecule has 16 heteroatoms. The van der Waals surface area contributed by atoms with Crippen molar-refractivity contribution in [2.24, 2.45) is 5.41 Å². The zero-order valence-corrected chi connectivity index (χ0v) is 27.7. The number of nitrogens with one attached hydrogen (secondary N) is 2. The number of hydrogen-bond acceptors (Lipinski definition) is 12. The zero-order chi connectivity index (χ0) is 30.3. The molecule has 5 heterocycles. The predicted molar refractivity (Wildman–Crippen MR) is 158 cm³/mol. The number of amides is 2. The summed E-state index contributed by atoms with van der Waals surface area (Å²) in [4.78, 5) is 44.6. The van der Waals surface area contributed by atoms with E-state index in [1.807, 2.05) is 44.3 Å². The van der Waals surface area contributed by atoms with Gasteiger partial charge in [-0.05, 0) is 39.5 Å². The van der Waals surface area contributed by atoms with Crippen LogP contribution < -0.4 is 29.5 Å². The van der Waals surface area contributed by atoms with Crippen LogP contribution in [0.15, 0.2) is 0 Å². The minimum absolute atomic E-state index is 0. The molecule has 44 heavy (non-hydrogen) atoms. The molecular weight excluding hydrogens is 611 g/mol. The number of rotatable bonds is 12. The maximum atomic E-state index is 12.0. The van der Waals surface area contributed by atoms with Crippen molar-refractivity contribution in [3.8, 4) is 0 Å². The number of carboxylic acid groups (broad SMARTS) is 1. The Labute approximate surface area is 279 Å². The summed E-state index contributed by atoms with van der Waals surface area (Å²) in [5.41, 5.74) is -0.292. The Morgan fingerprint density at radius 2 is 1.34 bits per heavy atom. The summed E-state index contributed by atoms with van der Waals surface area (Å²) in [7, 11) is 0. The van der Waals surface area contributed by atoms with E-state index in [2.05, 4.69) is 10.6 Å². The van der Waals surface area contributed by atoms with Crippen molar-refractivity contribution in [3.05, 3.63) is 0 Å². The van der Waals surface area contributed by atoms with Gasteiger partial charge in [-0.25, -0.2) is 9.59 Å². The Kier molecular flexibility index (Phi) is 15.5. The number of thioether (sulfide) groups is 2. The second kappa shape index (κ2) is 17.5. The van der Waals surface area contributed by atoms with Crippen LogP contribution in [-0.4, -0.2) is 107 Å². The van der Waals surface area contributed by atoms with Gasteiger partial charge in [0.15, 0.2) is 5.79 Å². The molecule has 246 valence electrons. The van der Waals surface area contributed by atoms with E-state index >= 15 is 0 Å². The molecular formula is C28H45LiN2O11S2. The summed E-state index contributed by atoms with van der Waals surface area (Å²) in [5.74, 6) is 0.319. The van der Waals surface area contributed by atoms with Gasteiger partial charge in [-0.3, -0.25) is 9.59 Å². The Hall–Kier alpha value is -1.34. The molecule has 5 fully saturated rings. The second-order valence-corrected chi connectivity index (χ2v) is 14.9. The maximum absolute atomic E-state index is 12.0. The van der Waals surface area contributed by atoms with Crippen LogP contribution in [0.5, 0.6) is 0 Å². The summed E-state index contributed by atoms with van der Waals surface area (Å²) >= 11 is 3.65. The summed E-state index contributed by atoms with van der Waals surface area (Å²) in [6.45, 7) is 7.10. The number of alkyl carbamates (subject to hydrolysis) is 2. The number of fused-ring (bicyclic) bond motifs is 2. The van der Waals surface area contributed by atoms with E-state index in [9.17, 15) is 19.2 Å². The number of carboxylic acids is 1. The van der Waals surface area contributed by atoms with Crippen molar-refractivity contribution in [1.82, 2.24) is 10.6 Å². The van der Waals surface area contributed by atoms with Gasteiger partial charge < -0.3 is 44.9 Å². The third kappa shape index (κ3) is 11.5. The fraction of sp³-hybridized carbons (Fsp3) is 0.857. The van der Waals surface area contributed by atoms with Gasteiger partial charge in [0.1, 0.15) is 18.8 Å². The minimum Gasteiger partial charge on any atom is -0.870 e. The quantitative estimate of drug-likeness (QED) is 0.114. The molecule has 0 aliphatic carbocycles. The predicted octanol–water partition coefficient (Wildman–Crippen LogP) is 0.523. The number of carbonyl (C=O) groups excluding carboxylic acids is 3. The second-order valence-electron chi connectivity index (χ2n) is 12.3. The first-order valence-corrected chi connectivity index (χ1v) is 16.9. The number of aliphatic carboxylic acids is 1. The van der Waals surface area contributed by atoms with Gasteiger partial charge in [0, 0.05) is 40.3 Å². The fourth-order valence-electron chi connectivity index (χ4n) is 5.46. The smallest absolute Gasteiger partial charge is 0.870 e. The first kappa shape index (κ1) is 38.8. The molecule has 13 nitrogen and oxygen atoms in total. The zero-order valence-electron chi connectivity index (χ0n) is 26.0. The van der Waals surface area contributed by atoms with Crippen molar-refractivity contribution in [2.45, 2.75) is 113 Å². The number of carbonyl (C=O) groups is 4. The van der Waals surface area contributed by atoms with Crippen LogP contribution in [0, 0.1) is 5.41 Å². The van der Waals surface area contributed by atoms with Crippen molar-refractivity contribution in [2.75, 3.05) is 31.3 Å². The molecule has 0 radical (unpaired) electrons. The average Bonchev–Trinajstić information content (AvgIpc) is 3.68. The molecule has 0 saturated carbocycles. The molecule has 0 spiro atoms. The van der Waals surface area contributed by atoms with Gasteiger partial charge >= 0.3 is 43.0 Å². The molecule has 0 aromatic rings. The molecule has 0 aromatic heterocycles. The van der Waals surface area contributed by atoms with E-state index < -0.39 is 11.8 Å². The topological polar surface area (TPSA) is 189 Å². The van der Waals surface area contributed by atoms with E-state index in [-0.39, 0.29) is 78.6 Å². The number of unbranched alkanes of at least 4 members (excludes halogenated alkanes) is 2. The van der Waals surface area contributed by atoms with Gasteiger partial charge in [0.25, 0.3) is 0 Å². The minimum atomic E-state index is -0.745. The van der Waals surface area contributed by atoms with Crippen molar-refractivity contribution >= 4 is 47.6 Å². The van der Waals surface area contributed by atoms with Gasteiger partial charge in [-0.2, -0.15) is 23.5 Å². The normalized spacial score (nSPS) is 30.4. The SMILES string of the molecule is CC1(COC(=O)CCCC[C@@H]2SCC3NC(=O)O[C@@H]32)COC(C)(C)OC1.O=C(O)CCCC[C@@H]1SCC2NC(=O)O[C@@H]21.[Li+].[OH-]. The molecule has 4 N–H and O–H groups in total. The van der Waals surface area contributed by atoms with Crippen LogP contribution in [0.2, 0.25) is 0 Å². The van der Waals surface area contributed by atoms with E-state index in [4.69, 9.17) is 28.8 Å². The van der Waals surface area contributed by atoms with E-state index in [1.54, 1.807) is 0 Å². The Balaban J connectivity index is 0.000000324. The van der Waals surface area contributed by atoms with Crippen molar-refractivity contribution in [1.29, 1.82) is 0 Å².